The predicted octanol–water partition coefficient (Wildman–Crippen LogP) is 3.96. The van der Waals surface area contributed by atoms with Crippen LogP contribution in [0.15, 0.2) is 48.5 Å². The third-order valence-corrected chi connectivity index (χ3v) is 4.78. The molecule has 25 heavy (non-hydrogen) atoms. The van der Waals surface area contributed by atoms with E-state index in [0.717, 1.165) is 44.7 Å². The van der Waals surface area contributed by atoms with E-state index >= 15 is 0 Å². The van der Waals surface area contributed by atoms with E-state index in [4.69, 9.17) is 10.00 Å². The quantitative estimate of drug-likeness (QED) is 0.877. The first-order chi connectivity index (χ1) is 11.7. The number of nitriles is 1. The Hall–Kier alpha value is -1.93. The molecule has 0 aromatic heterocycles. The lowest BCUT2D eigenvalue weighted by Gasteiger charge is -2.38. The zero-order chi connectivity index (χ0) is 16.8. The summed E-state index contributed by atoms with van der Waals surface area (Å²) in [5.41, 5.74) is 2.97. The van der Waals surface area contributed by atoms with Gasteiger partial charge in [-0.1, -0.05) is 24.3 Å². The molecule has 0 bridgehead atoms. The van der Waals surface area contributed by atoms with Gasteiger partial charge in [0.05, 0.1) is 11.6 Å². The lowest BCUT2D eigenvalue weighted by molar-refractivity contribution is 0.0497. The van der Waals surface area contributed by atoms with Gasteiger partial charge in [0.2, 0.25) is 0 Å². The van der Waals surface area contributed by atoms with Gasteiger partial charge in [0.1, 0.15) is 5.82 Å². The van der Waals surface area contributed by atoms with Crippen molar-refractivity contribution in [2.24, 2.45) is 0 Å². The fraction of sp³-hybridized carbons (Fsp3) is 0.350. The Morgan fingerprint density at radius 3 is 2.28 bits per heavy atom. The van der Waals surface area contributed by atoms with Crippen molar-refractivity contribution < 1.29 is 9.13 Å². The maximum absolute atomic E-state index is 13.3. The highest BCUT2D eigenvalue weighted by molar-refractivity contribution is 5.85. The highest BCUT2D eigenvalue weighted by Gasteiger charge is 2.34. The number of rotatable bonds is 5. The molecule has 1 aliphatic heterocycles. The summed E-state index contributed by atoms with van der Waals surface area (Å²) in [5, 5.41) is 12.4. The molecule has 2 aromatic carbocycles. The van der Waals surface area contributed by atoms with Crippen LogP contribution in [0.3, 0.4) is 0 Å². The van der Waals surface area contributed by atoms with Crippen LogP contribution in [-0.2, 0) is 16.7 Å². The lowest BCUT2D eigenvalue weighted by Crippen LogP contribution is -2.42. The molecule has 0 aliphatic carbocycles. The molecule has 1 saturated heterocycles. The summed E-state index contributed by atoms with van der Waals surface area (Å²) in [6.45, 7) is 3.03. The van der Waals surface area contributed by atoms with E-state index in [1.807, 2.05) is 36.4 Å². The van der Waals surface area contributed by atoms with Gasteiger partial charge in [0, 0.05) is 31.7 Å². The average Bonchev–Trinajstić information content (AvgIpc) is 2.63. The number of ether oxygens (including phenoxy) is 1. The molecular formula is C20H22ClFN2O. The molecule has 0 saturated carbocycles. The molecule has 0 spiro atoms. The van der Waals surface area contributed by atoms with Gasteiger partial charge in [0.25, 0.3) is 0 Å². The van der Waals surface area contributed by atoms with Gasteiger partial charge in [-0.15, -0.1) is 12.4 Å². The molecule has 1 fully saturated rings. The van der Waals surface area contributed by atoms with Crippen LogP contribution < -0.4 is 5.32 Å². The minimum atomic E-state index is -0.202. The molecule has 0 amide bonds. The molecule has 1 N–H and O–H groups in total. The topological polar surface area (TPSA) is 45.0 Å². The van der Waals surface area contributed by atoms with Crippen LogP contribution in [0.25, 0.3) is 0 Å². The van der Waals surface area contributed by atoms with Crippen LogP contribution in [0.5, 0.6) is 0 Å². The average molecular weight is 361 g/mol. The monoisotopic (exact) mass is 360 g/mol. The number of hydrogen-bond donors (Lipinski definition) is 1. The van der Waals surface area contributed by atoms with Gasteiger partial charge in [-0.25, -0.2) is 4.39 Å². The second kappa shape index (κ2) is 8.96. The van der Waals surface area contributed by atoms with E-state index in [1.54, 1.807) is 0 Å². The number of nitrogens with one attached hydrogen (secondary N) is 1. The van der Waals surface area contributed by atoms with Crippen molar-refractivity contribution in [2.75, 3.05) is 19.8 Å². The first-order valence-corrected chi connectivity index (χ1v) is 8.25. The van der Waals surface area contributed by atoms with E-state index in [1.165, 1.54) is 17.7 Å². The predicted molar refractivity (Wildman–Crippen MR) is 98.2 cm³/mol. The first-order valence-electron chi connectivity index (χ1n) is 8.25. The highest BCUT2D eigenvalue weighted by atomic mass is 35.5. The molecule has 3 nitrogen and oxygen atoms in total. The minimum Gasteiger partial charge on any atom is -0.381 e. The number of nitrogens with zero attached hydrogens (tertiary/aromatic N) is 1. The summed E-state index contributed by atoms with van der Waals surface area (Å²) < 4.78 is 18.8. The van der Waals surface area contributed by atoms with Crippen molar-refractivity contribution in [3.05, 3.63) is 71.0 Å². The summed E-state index contributed by atoms with van der Waals surface area (Å²) in [6, 6.07) is 16.6. The molecule has 5 heteroatoms. The molecule has 3 rings (SSSR count). The fourth-order valence-electron chi connectivity index (χ4n) is 3.28. The zero-order valence-corrected chi connectivity index (χ0v) is 14.8. The van der Waals surface area contributed by atoms with Crippen LogP contribution in [0.1, 0.15) is 29.5 Å². The van der Waals surface area contributed by atoms with E-state index in [-0.39, 0.29) is 23.6 Å². The summed E-state index contributed by atoms with van der Waals surface area (Å²) in [6.07, 6.45) is 1.86. The second-order valence-electron chi connectivity index (χ2n) is 6.31. The summed E-state index contributed by atoms with van der Waals surface area (Å²) >= 11 is 0. The Kier molecular flexibility index (Phi) is 6.95. The minimum absolute atomic E-state index is 0. The molecule has 0 unspecified atom stereocenters. The third-order valence-electron chi connectivity index (χ3n) is 4.78. The van der Waals surface area contributed by atoms with Crippen molar-refractivity contribution in [3.63, 3.8) is 0 Å². The smallest absolute Gasteiger partial charge is 0.123 e. The van der Waals surface area contributed by atoms with E-state index in [0.29, 0.717) is 5.56 Å². The van der Waals surface area contributed by atoms with E-state index < -0.39 is 0 Å². The van der Waals surface area contributed by atoms with Gasteiger partial charge < -0.3 is 10.1 Å². The fourth-order valence-corrected chi connectivity index (χ4v) is 3.28. The zero-order valence-electron chi connectivity index (χ0n) is 14.0. The maximum atomic E-state index is 13.3. The van der Waals surface area contributed by atoms with Crippen molar-refractivity contribution >= 4 is 12.4 Å². The van der Waals surface area contributed by atoms with Crippen LogP contribution in [0, 0.1) is 17.1 Å². The lowest BCUT2D eigenvalue weighted by atomic mass is 9.74. The highest BCUT2D eigenvalue weighted by Crippen LogP contribution is 2.34. The molecule has 0 radical (unpaired) electrons. The van der Waals surface area contributed by atoms with Crippen molar-refractivity contribution in [2.45, 2.75) is 24.8 Å². The molecule has 132 valence electrons. The second-order valence-corrected chi connectivity index (χ2v) is 6.31. The number of halogens is 2. The SMILES string of the molecule is Cl.N#Cc1ccc(CNCC2(c3ccc(F)cc3)CCOCC2)cc1. The van der Waals surface area contributed by atoms with Crippen LogP contribution in [0.4, 0.5) is 4.39 Å². The van der Waals surface area contributed by atoms with E-state index in [2.05, 4.69) is 11.4 Å². The third kappa shape index (κ3) is 4.79. The largest absolute Gasteiger partial charge is 0.381 e. The van der Waals surface area contributed by atoms with Gasteiger partial charge in [-0.3, -0.25) is 0 Å². The van der Waals surface area contributed by atoms with Gasteiger partial charge in [0.15, 0.2) is 0 Å². The van der Waals surface area contributed by atoms with E-state index in [9.17, 15) is 4.39 Å². The Labute approximate surface area is 154 Å². The Morgan fingerprint density at radius 1 is 1.04 bits per heavy atom. The van der Waals surface area contributed by atoms with Crippen molar-refractivity contribution in [3.8, 4) is 6.07 Å². The summed E-state index contributed by atoms with van der Waals surface area (Å²) in [4.78, 5) is 0. The van der Waals surface area contributed by atoms with Crippen LogP contribution >= 0.6 is 12.4 Å². The summed E-state index contributed by atoms with van der Waals surface area (Å²) in [5.74, 6) is -0.202. The van der Waals surface area contributed by atoms with Gasteiger partial charge in [-0.05, 0) is 48.2 Å². The first kappa shape index (κ1) is 19.4. The Morgan fingerprint density at radius 2 is 1.68 bits per heavy atom. The standard InChI is InChI=1S/C20H21FN2O.ClH/c21-19-7-5-18(6-8-19)20(9-11-24-12-10-20)15-23-14-17-3-1-16(13-22)2-4-17;/h1-8,23H,9-12,14-15H2;1H. The number of hydrogen-bond acceptors (Lipinski definition) is 3. The molecular weight excluding hydrogens is 339 g/mol. The maximum Gasteiger partial charge on any atom is 0.123 e. The van der Waals surface area contributed by atoms with Gasteiger partial charge in [-0.2, -0.15) is 5.26 Å². The Bertz CT molecular complexity index is 704. The molecule has 0 atom stereocenters. The molecule has 2 aromatic rings. The Balaban J connectivity index is 0.00000225. The van der Waals surface area contributed by atoms with Gasteiger partial charge >= 0.3 is 0 Å². The molecule has 1 aliphatic rings. The van der Waals surface area contributed by atoms with Crippen LogP contribution in [0.2, 0.25) is 0 Å². The van der Waals surface area contributed by atoms with Crippen LogP contribution in [-0.4, -0.2) is 19.8 Å². The summed E-state index contributed by atoms with van der Waals surface area (Å²) in [7, 11) is 0. The molecule has 1 heterocycles. The van der Waals surface area contributed by atoms with Crippen molar-refractivity contribution in [1.29, 1.82) is 5.26 Å². The van der Waals surface area contributed by atoms with Crippen molar-refractivity contribution in [1.82, 2.24) is 5.32 Å². The normalized spacial score (nSPS) is 15.8. The number of benzene rings is 2.